The van der Waals surface area contributed by atoms with Crippen molar-refractivity contribution in [3.63, 3.8) is 0 Å². The molecule has 1 aliphatic heterocycles. The molecule has 3 aromatic carbocycles. The van der Waals surface area contributed by atoms with Crippen LogP contribution in [0, 0.1) is 5.82 Å². The molecule has 0 aliphatic carbocycles. The van der Waals surface area contributed by atoms with E-state index in [1.807, 2.05) is 49.4 Å². The largest absolute Gasteiger partial charge is 0.326 e. The van der Waals surface area contributed by atoms with E-state index in [0.717, 1.165) is 22.4 Å². The molecule has 1 heterocycles. The minimum Gasteiger partial charge on any atom is -0.326 e. The number of anilines is 2. The summed E-state index contributed by atoms with van der Waals surface area (Å²) in [5.74, 6) is -0.551. The fraction of sp³-hybridized carbons (Fsp3) is 0.167. The minimum absolute atomic E-state index is 0.0309. The molecule has 0 saturated heterocycles. The van der Waals surface area contributed by atoms with Crippen molar-refractivity contribution < 1.29 is 14.0 Å². The Labute approximate surface area is 169 Å². The van der Waals surface area contributed by atoms with E-state index in [0.29, 0.717) is 24.2 Å². The number of fused-ring (bicyclic) bond motifs is 2. The highest BCUT2D eigenvalue weighted by Gasteiger charge is 2.25. The summed E-state index contributed by atoms with van der Waals surface area (Å²) >= 11 is 0. The second-order valence-electron chi connectivity index (χ2n) is 7.08. The number of amides is 2. The van der Waals surface area contributed by atoms with E-state index in [1.165, 1.54) is 12.1 Å². The SMILES string of the molecule is CCN1C(=O)c2ccccc2Cc2ccc(NC(=O)Cc3ccc(F)cc3)cc21. The van der Waals surface area contributed by atoms with E-state index in [4.69, 9.17) is 0 Å². The Balaban J connectivity index is 1.59. The second kappa shape index (κ2) is 7.87. The van der Waals surface area contributed by atoms with E-state index in [1.54, 1.807) is 17.0 Å². The first-order valence-electron chi connectivity index (χ1n) is 9.62. The highest BCUT2D eigenvalue weighted by atomic mass is 19.1. The highest BCUT2D eigenvalue weighted by molar-refractivity contribution is 6.09. The molecule has 4 rings (SSSR count). The number of nitrogens with one attached hydrogen (secondary N) is 1. The molecular formula is C24H21FN2O2. The standard InChI is InChI=1S/C24H21FN2O2/c1-2-27-22-15-20(26-23(28)13-16-7-10-19(25)11-8-16)12-9-18(22)14-17-5-3-4-6-21(17)24(27)29/h3-12,15H,2,13-14H2,1H3,(H,26,28). The lowest BCUT2D eigenvalue weighted by atomic mass is 10.0. The van der Waals surface area contributed by atoms with Crippen LogP contribution >= 0.6 is 0 Å². The Morgan fingerprint density at radius 3 is 2.55 bits per heavy atom. The van der Waals surface area contributed by atoms with Crippen LogP contribution in [0.1, 0.15) is 34.0 Å². The van der Waals surface area contributed by atoms with Crippen molar-refractivity contribution in [2.75, 3.05) is 16.8 Å². The Hall–Kier alpha value is -3.47. The molecule has 5 heteroatoms. The molecule has 0 bridgehead atoms. The fourth-order valence-corrected chi connectivity index (χ4v) is 3.69. The van der Waals surface area contributed by atoms with Crippen LogP contribution in [0.5, 0.6) is 0 Å². The number of carbonyl (C=O) groups excluding carboxylic acids is 2. The molecule has 1 N–H and O–H groups in total. The summed E-state index contributed by atoms with van der Waals surface area (Å²) in [5, 5.41) is 2.89. The lowest BCUT2D eigenvalue weighted by Crippen LogP contribution is -2.30. The quantitative estimate of drug-likeness (QED) is 0.711. The van der Waals surface area contributed by atoms with Crippen molar-refractivity contribution in [1.82, 2.24) is 0 Å². The van der Waals surface area contributed by atoms with Gasteiger partial charge in [-0.2, -0.15) is 0 Å². The molecule has 2 amide bonds. The first-order chi connectivity index (χ1) is 14.0. The Kier molecular flexibility index (Phi) is 5.12. The molecular weight excluding hydrogens is 367 g/mol. The summed E-state index contributed by atoms with van der Waals surface area (Å²) in [4.78, 5) is 27.2. The molecule has 4 nitrogen and oxygen atoms in total. The van der Waals surface area contributed by atoms with Gasteiger partial charge in [0.25, 0.3) is 5.91 Å². The number of hydrogen-bond donors (Lipinski definition) is 1. The smallest absolute Gasteiger partial charge is 0.258 e. The van der Waals surface area contributed by atoms with Gasteiger partial charge in [-0.05, 0) is 53.9 Å². The number of carbonyl (C=O) groups is 2. The molecule has 146 valence electrons. The minimum atomic E-state index is -0.328. The molecule has 0 atom stereocenters. The van der Waals surface area contributed by atoms with Gasteiger partial charge >= 0.3 is 0 Å². The van der Waals surface area contributed by atoms with Crippen molar-refractivity contribution in [2.24, 2.45) is 0 Å². The average molecular weight is 388 g/mol. The summed E-state index contributed by atoms with van der Waals surface area (Å²) in [6.07, 6.45) is 0.816. The van der Waals surface area contributed by atoms with Crippen LogP contribution in [-0.4, -0.2) is 18.4 Å². The maximum Gasteiger partial charge on any atom is 0.258 e. The summed E-state index contributed by atoms with van der Waals surface area (Å²) in [6, 6.07) is 19.2. The van der Waals surface area contributed by atoms with Gasteiger partial charge in [0, 0.05) is 29.9 Å². The van der Waals surface area contributed by atoms with Crippen molar-refractivity contribution >= 4 is 23.2 Å². The second-order valence-corrected chi connectivity index (χ2v) is 7.08. The van der Waals surface area contributed by atoms with Gasteiger partial charge in [0.15, 0.2) is 0 Å². The summed E-state index contributed by atoms with van der Waals surface area (Å²) < 4.78 is 13.0. The van der Waals surface area contributed by atoms with Gasteiger partial charge in [0.1, 0.15) is 5.82 Å². The zero-order valence-corrected chi connectivity index (χ0v) is 16.1. The zero-order valence-electron chi connectivity index (χ0n) is 16.1. The van der Waals surface area contributed by atoms with Crippen LogP contribution in [-0.2, 0) is 17.6 Å². The van der Waals surface area contributed by atoms with E-state index in [9.17, 15) is 14.0 Å². The molecule has 29 heavy (non-hydrogen) atoms. The predicted octanol–water partition coefficient (Wildman–Crippen LogP) is 4.58. The summed E-state index contributed by atoms with van der Waals surface area (Å²) in [7, 11) is 0. The van der Waals surface area contributed by atoms with E-state index in [-0.39, 0.29) is 24.1 Å². The fourth-order valence-electron chi connectivity index (χ4n) is 3.69. The van der Waals surface area contributed by atoms with Gasteiger partial charge in [-0.1, -0.05) is 36.4 Å². The molecule has 0 radical (unpaired) electrons. The van der Waals surface area contributed by atoms with Crippen molar-refractivity contribution in [3.8, 4) is 0 Å². The van der Waals surface area contributed by atoms with Crippen LogP contribution in [0.15, 0.2) is 66.7 Å². The van der Waals surface area contributed by atoms with Gasteiger partial charge in [-0.3, -0.25) is 9.59 Å². The maximum atomic E-state index is 13.0. The molecule has 0 aromatic heterocycles. The summed E-state index contributed by atoms with van der Waals surface area (Å²) in [6.45, 7) is 2.47. The molecule has 0 unspecified atom stereocenters. The lowest BCUT2D eigenvalue weighted by molar-refractivity contribution is -0.115. The van der Waals surface area contributed by atoms with Gasteiger partial charge in [0.2, 0.25) is 5.91 Å². The third-order valence-electron chi connectivity index (χ3n) is 5.13. The van der Waals surface area contributed by atoms with E-state index in [2.05, 4.69) is 5.32 Å². The Morgan fingerprint density at radius 2 is 1.79 bits per heavy atom. The number of rotatable bonds is 4. The number of benzene rings is 3. The van der Waals surface area contributed by atoms with Crippen molar-refractivity contribution in [1.29, 1.82) is 0 Å². The zero-order chi connectivity index (χ0) is 20.4. The third kappa shape index (κ3) is 3.90. The Bertz CT molecular complexity index is 1080. The van der Waals surface area contributed by atoms with Gasteiger partial charge in [0.05, 0.1) is 6.42 Å². The van der Waals surface area contributed by atoms with Crippen LogP contribution < -0.4 is 10.2 Å². The molecule has 0 fully saturated rings. The monoisotopic (exact) mass is 388 g/mol. The van der Waals surface area contributed by atoms with E-state index < -0.39 is 0 Å². The highest BCUT2D eigenvalue weighted by Crippen LogP contribution is 2.32. The van der Waals surface area contributed by atoms with Crippen LogP contribution in [0.4, 0.5) is 15.8 Å². The summed E-state index contributed by atoms with van der Waals surface area (Å²) in [5.41, 5.74) is 4.94. The predicted molar refractivity (Wildman–Crippen MR) is 112 cm³/mol. The molecule has 0 spiro atoms. The number of hydrogen-bond acceptors (Lipinski definition) is 2. The van der Waals surface area contributed by atoms with Gasteiger partial charge in [-0.25, -0.2) is 4.39 Å². The van der Waals surface area contributed by atoms with E-state index >= 15 is 0 Å². The van der Waals surface area contributed by atoms with Gasteiger partial charge < -0.3 is 10.2 Å². The normalized spacial score (nSPS) is 12.8. The van der Waals surface area contributed by atoms with Crippen LogP contribution in [0.3, 0.4) is 0 Å². The molecule has 0 saturated carbocycles. The van der Waals surface area contributed by atoms with Crippen molar-refractivity contribution in [3.05, 3.63) is 94.8 Å². The third-order valence-corrected chi connectivity index (χ3v) is 5.13. The maximum absolute atomic E-state index is 13.0. The lowest BCUT2D eigenvalue weighted by Gasteiger charge is -2.22. The Morgan fingerprint density at radius 1 is 1.03 bits per heavy atom. The average Bonchev–Trinajstić information content (AvgIpc) is 2.83. The molecule has 1 aliphatic rings. The first kappa shape index (κ1) is 18.9. The van der Waals surface area contributed by atoms with Crippen LogP contribution in [0.2, 0.25) is 0 Å². The first-order valence-corrected chi connectivity index (χ1v) is 9.62. The number of halogens is 1. The van der Waals surface area contributed by atoms with Gasteiger partial charge in [-0.15, -0.1) is 0 Å². The van der Waals surface area contributed by atoms with Crippen LogP contribution in [0.25, 0.3) is 0 Å². The molecule has 3 aromatic rings. The topological polar surface area (TPSA) is 49.4 Å². The number of nitrogens with zero attached hydrogens (tertiary/aromatic N) is 1. The van der Waals surface area contributed by atoms with Crippen molar-refractivity contribution in [2.45, 2.75) is 19.8 Å².